The molecule has 110 valence electrons. The van der Waals surface area contributed by atoms with E-state index < -0.39 is 17.5 Å². The largest absolute Gasteiger partial charge is 0.496 e. The monoisotopic (exact) mass is 356 g/mol. The second-order valence-corrected chi connectivity index (χ2v) is 4.98. The summed E-state index contributed by atoms with van der Waals surface area (Å²) in [5, 5.41) is 2.35. The van der Waals surface area contributed by atoms with E-state index in [1.165, 1.54) is 13.2 Å². The number of rotatable bonds is 3. The fourth-order valence-corrected chi connectivity index (χ4v) is 2.31. The fourth-order valence-electron chi connectivity index (χ4n) is 1.80. The fraction of sp³-hybridized carbons (Fsp3) is 0.0714. The highest BCUT2D eigenvalue weighted by molar-refractivity contribution is 9.10. The van der Waals surface area contributed by atoms with Crippen LogP contribution in [0.25, 0.3) is 0 Å². The third-order valence-corrected chi connectivity index (χ3v) is 3.38. The average molecular weight is 357 g/mol. The number of nitrogens with two attached hydrogens (primary N) is 1. The number of nitrogen functional groups attached to an aromatic ring is 1. The van der Waals surface area contributed by atoms with E-state index in [2.05, 4.69) is 21.2 Å². The number of nitrogens with one attached hydrogen (secondary N) is 1. The van der Waals surface area contributed by atoms with Crippen molar-refractivity contribution in [3.8, 4) is 5.75 Å². The summed E-state index contributed by atoms with van der Waals surface area (Å²) >= 11 is 3.00. The van der Waals surface area contributed by atoms with Gasteiger partial charge in [0.15, 0.2) is 5.82 Å². The van der Waals surface area contributed by atoms with Gasteiger partial charge in [0.05, 0.1) is 12.8 Å². The van der Waals surface area contributed by atoms with E-state index in [0.29, 0.717) is 6.07 Å². The molecule has 0 fully saturated rings. The number of halogens is 3. The van der Waals surface area contributed by atoms with E-state index in [4.69, 9.17) is 10.5 Å². The Balaban J connectivity index is 2.40. The van der Waals surface area contributed by atoms with Gasteiger partial charge in [0.25, 0.3) is 5.91 Å². The molecule has 0 aliphatic rings. The molecule has 21 heavy (non-hydrogen) atoms. The van der Waals surface area contributed by atoms with Gasteiger partial charge in [-0.25, -0.2) is 8.78 Å². The van der Waals surface area contributed by atoms with Crippen molar-refractivity contribution in [2.75, 3.05) is 18.2 Å². The molecule has 0 saturated carbocycles. The number of amides is 1. The molecule has 0 bridgehead atoms. The van der Waals surface area contributed by atoms with Crippen molar-refractivity contribution in [1.29, 1.82) is 0 Å². The molecule has 3 N–H and O–H groups in total. The zero-order chi connectivity index (χ0) is 15.6. The molecular weight excluding hydrogens is 346 g/mol. The molecule has 4 nitrogen and oxygen atoms in total. The Labute approximate surface area is 128 Å². The number of carbonyl (C=O) groups excluding carboxylic acids is 1. The molecular formula is C14H11BrF2N2O2. The van der Waals surface area contributed by atoms with E-state index in [1.54, 1.807) is 12.1 Å². The predicted molar refractivity (Wildman–Crippen MR) is 79.4 cm³/mol. The van der Waals surface area contributed by atoms with Crippen LogP contribution in [0.5, 0.6) is 5.75 Å². The van der Waals surface area contributed by atoms with Crippen molar-refractivity contribution in [3.63, 3.8) is 0 Å². The first-order valence-electron chi connectivity index (χ1n) is 5.82. The lowest BCUT2D eigenvalue weighted by molar-refractivity contribution is 0.102. The van der Waals surface area contributed by atoms with Gasteiger partial charge in [0.1, 0.15) is 17.1 Å². The van der Waals surface area contributed by atoms with Crippen molar-refractivity contribution >= 4 is 33.2 Å². The lowest BCUT2D eigenvalue weighted by Gasteiger charge is -2.13. The van der Waals surface area contributed by atoms with E-state index >= 15 is 0 Å². The molecule has 2 aromatic carbocycles. The van der Waals surface area contributed by atoms with Crippen molar-refractivity contribution in [3.05, 3.63) is 52.0 Å². The SMILES string of the molecule is COc1cccc(N)c1C(=O)Nc1c(F)cc(F)cc1Br. The van der Waals surface area contributed by atoms with Gasteiger partial charge in [-0.3, -0.25) is 4.79 Å². The van der Waals surface area contributed by atoms with E-state index in [9.17, 15) is 13.6 Å². The van der Waals surface area contributed by atoms with Crippen LogP contribution >= 0.6 is 15.9 Å². The molecule has 0 aliphatic heterocycles. The van der Waals surface area contributed by atoms with Gasteiger partial charge >= 0.3 is 0 Å². The molecule has 0 spiro atoms. The Morgan fingerprint density at radius 3 is 2.67 bits per heavy atom. The lowest BCUT2D eigenvalue weighted by atomic mass is 10.1. The van der Waals surface area contributed by atoms with Crippen molar-refractivity contribution in [1.82, 2.24) is 0 Å². The number of hydrogen-bond donors (Lipinski definition) is 2. The van der Waals surface area contributed by atoms with Crippen molar-refractivity contribution in [2.24, 2.45) is 0 Å². The van der Waals surface area contributed by atoms with E-state index in [-0.39, 0.29) is 27.2 Å². The highest BCUT2D eigenvalue weighted by atomic mass is 79.9. The van der Waals surface area contributed by atoms with Crippen LogP contribution < -0.4 is 15.8 Å². The van der Waals surface area contributed by atoms with Crippen molar-refractivity contribution in [2.45, 2.75) is 0 Å². The van der Waals surface area contributed by atoms with Crippen LogP contribution in [0, 0.1) is 11.6 Å². The van der Waals surface area contributed by atoms with Gasteiger partial charge in [0, 0.05) is 16.2 Å². The van der Waals surface area contributed by atoms with Gasteiger partial charge in [-0.05, 0) is 34.1 Å². The third kappa shape index (κ3) is 3.13. The Hall–Kier alpha value is -2.15. The summed E-state index contributed by atoms with van der Waals surface area (Å²) in [6.07, 6.45) is 0. The minimum absolute atomic E-state index is 0.0793. The third-order valence-electron chi connectivity index (χ3n) is 2.75. The highest BCUT2D eigenvalue weighted by Gasteiger charge is 2.19. The predicted octanol–water partition coefficient (Wildman–Crippen LogP) is 3.57. The first kappa shape index (κ1) is 15.2. The molecule has 0 atom stereocenters. The van der Waals surface area contributed by atoms with Gasteiger partial charge in [-0.2, -0.15) is 0 Å². The molecule has 0 saturated heterocycles. The maximum Gasteiger partial charge on any atom is 0.261 e. The second-order valence-electron chi connectivity index (χ2n) is 4.12. The number of anilines is 2. The molecule has 0 unspecified atom stereocenters. The highest BCUT2D eigenvalue weighted by Crippen LogP contribution is 2.30. The topological polar surface area (TPSA) is 64.3 Å². The normalized spacial score (nSPS) is 10.3. The Morgan fingerprint density at radius 2 is 2.05 bits per heavy atom. The summed E-state index contributed by atoms with van der Waals surface area (Å²) in [4.78, 5) is 12.3. The second kappa shape index (κ2) is 6.09. The molecule has 7 heteroatoms. The van der Waals surface area contributed by atoms with Crippen LogP contribution in [0.4, 0.5) is 20.2 Å². The molecule has 2 rings (SSSR count). The maximum absolute atomic E-state index is 13.7. The summed E-state index contributed by atoms with van der Waals surface area (Å²) in [6, 6.07) is 6.42. The van der Waals surface area contributed by atoms with Crippen molar-refractivity contribution < 1.29 is 18.3 Å². The first-order valence-corrected chi connectivity index (χ1v) is 6.61. The molecule has 0 radical (unpaired) electrons. The number of ether oxygens (including phenoxy) is 1. The Kier molecular flexibility index (Phi) is 4.42. The van der Waals surface area contributed by atoms with Gasteiger partial charge in [0.2, 0.25) is 0 Å². The summed E-state index contributed by atoms with van der Waals surface area (Å²) in [6.45, 7) is 0. The first-order chi connectivity index (χ1) is 9.93. The molecule has 0 aromatic heterocycles. The van der Waals surface area contributed by atoms with Gasteiger partial charge < -0.3 is 15.8 Å². The molecule has 0 heterocycles. The van der Waals surface area contributed by atoms with E-state index in [1.807, 2.05) is 0 Å². The number of carbonyl (C=O) groups is 1. The molecule has 2 aromatic rings. The van der Waals surface area contributed by atoms with E-state index in [0.717, 1.165) is 6.07 Å². The summed E-state index contributed by atoms with van der Waals surface area (Å²) in [7, 11) is 1.39. The van der Waals surface area contributed by atoms with Crippen LogP contribution in [0.3, 0.4) is 0 Å². The number of methoxy groups -OCH3 is 1. The molecule has 0 aliphatic carbocycles. The summed E-state index contributed by atoms with van der Waals surface area (Å²) in [5.74, 6) is -2.06. The maximum atomic E-state index is 13.7. The lowest BCUT2D eigenvalue weighted by Crippen LogP contribution is -2.16. The zero-order valence-electron chi connectivity index (χ0n) is 10.9. The summed E-state index contributed by atoms with van der Waals surface area (Å²) < 4.78 is 31.9. The quantitative estimate of drug-likeness (QED) is 0.826. The van der Waals surface area contributed by atoms with Crippen LogP contribution in [0.1, 0.15) is 10.4 Å². The zero-order valence-corrected chi connectivity index (χ0v) is 12.5. The Morgan fingerprint density at radius 1 is 1.33 bits per heavy atom. The Bertz CT molecular complexity index is 684. The van der Waals surface area contributed by atoms with Crippen LogP contribution in [0.15, 0.2) is 34.8 Å². The minimum Gasteiger partial charge on any atom is -0.496 e. The summed E-state index contributed by atoms with van der Waals surface area (Å²) in [5.41, 5.74) is 5.84. The smallest absolute Gasteiger partial charge is 0.261 e. The average Bonchev–Trinajstić information content (AvgIpc) is 2.42. The standard InChI is InChI=1S/C14H11BrF2N2O2/c1-21-11-4-2-3-10(18)12(11)14(20)19-13-8(15)5-7(16)6-9(13)17/h2-6H,18H2,1H3,(H,19,20). The van der Waals surface area contributed by atoms with Crippen LogP contribution in [-0.4, -0.2) is 13.0 Å². The number of hydrogen-bond acceptors (Lipinski definition) is 3. The number of benzene rings is 2. The minimum atomic E-state index is -0.899. The van der Waals surface area contributed by atoms with Gasteiger partial charge in [-0.15, -0.1) is 0 Å². The van der Waals surface area contributed by atoms with Crippen LogP contribution in [0.2, 0.25) is 0 Å². The van der Waals surface area contributed by atoms with Gasteiger partial charge in [-0.1, -0.05) is 6.07 Å². The van der Waals surface area contributed by atoms with Crippen LogP contribution in [-0.2, 0) is 0 Å². The molecule has 1 amide bonds.